The standard InChI is InChI=1S/C20H15NO4/c1-12-15(14-9-5-6-10-17(14)21-12)11-16-18(22)24-20(25-19(16)23)13-7-3-2-4-8-13/h2-11,20-21H,1H3. The highest BCUT2D eigenvalue weighted by molar-refractivity contribution is 6.19. The molecule has 2 heterocycles. The smallest absolute Gasteiger partial charge is 0.348 e. The van der Waals surface area contributed by atoms with Crippen molar-refractivity contribution in [3.05, 3.63) is 77.0 Å². The van der Waals surface area contributed by atoms with Crippen molar-refractivity contribution in [1.29, 1.82) is 0 Å². The molecule has 0 spiro atoms. The normalized spacial score (nSPS) is 17.3. The Bertz CT molecular complexity index is 981. The Morgan fingerprint density at radius 2 is 1.56 bits per heavy atom. The molecule has 25 heavy (non-hydrogen) atoms. The van der Waals surface area contributed by atoms with Gasteiger partial charge in [0.2, 0.25) is 0 Å². The average molecular weight is 333 g/mol. The van der Waals surface area contributed by atoms with Gasteiger partial charge < -0.3 is 14.5 Å². The zero-order valence-corrected chi connectivity index (χ0v) is 13.5. The van der Waals surface area contributed by atoms with Crippen LogP contribution in [0.5, 0.6) is 0 Å². The molecule has 0 bridgehead atoms. The zero-order chi connectivity index (χ0) is 17.4. The molecule has 1 aliphatic rings. The van der Waals surface area contributed by atoms with Gasteiger partial charge in [0.05, 0.1) is 0 Å². The molecule has 1 saturated heterocycles. The topological polar surface area (TPSA) is 68.4 Å². The van der Waals surface area contributed by atoms with Gasteiger partial charge in [-0.3, -0.25) is 0 Å². The Hall–Kier alpha value is -3.34. The highest BCUT2D eigenvalue weighted by Crippen LogP contribution is 2.30. The van der Waals surface area contributed by atoms with Gasteiger partial charge in [-0.15, -0.1) is 0 Å². The fourth-order valence-electron chi connectivity index (χ4n) is 2.92. The van der Waals surface area contributed by atoms with E-state index in [4.69, 9.17) is 9.47 Å². The summed E-state index contributed by atoms with van der Waals surface area (Å²) in [4.78, 5) is 28.0. The maximum atomic E-state index is 12.4. The van der Waals surface area contributed by atoms with Crippen LogP contribution in [0.1, 0.15) is 23.1 Å². The number of nitrogens with one attached hydrogen (secondary N) is 1. The minimum atomic E-state index is -1.01. The van der Waals surface area contributed by atoms with Crippen LogP contribution in [-0.4, -0.2) is 16.9 Å². The summed E-state index contributed by atoms with van der Waals surface area (Å²) in [5, 5.41) is 0.929. The Labute approximate surface area is 143 Å². The van der Waals surface area contributed by atoms with Crippen molar-refractivity contribution in [2.75, 3.05) is 0 Å². The first-order valence-electron chi connectivity index (χ1n) is 7.89. The van der Waals surface area contributed by atoms with E-state index >= 15 is 0 Å². The number of aromatic amines is 1. The van der Waals surface area contributed by atoms with Gasteiger partial charge in [0.15, 0.2) is 0 Å². The number of carbonyl (C=O) groups is 2. The fourth-order valence-corrected chi connectivity index (χ4v) is 2.92. The highest BCUT2D eigenvalue weighted by atomic mass is 16.7. The molecule has 1 aliphatic heterocycles. The van der Waals surface area contributed by atoms with Crippen molar-refractivity contribution >= 4 is 28.9 Å². The van der Waals surface area contributed by atoms with E-state index < -0.39 is 18.2 Å². The number of fused-ring (bicyclic) bond motifs is 1. The first-order chi connectivity index (χ1) is 12.1. The number of hydrogen-bond donors (Lipinski definition) is 1. The van der Waals surface area contributed by atoms with E-state index in [2.05, 4.69) is 4.98 Å². The second-order valence-electron chi connectivity index (χ2n) is 5.82. The van der Waals surface area contributed by atoms with Crippen LogP contribution in [0.25, 0.3) is 17.0 Å². The minimum absolute atomic E-state index is 0.111. The zero-order valence-electron chi connectivity index (χ0n) is 13.5. The molecule has 0 unspecified atom stereocenters. The molecule has 0 amide bonds. The van der Waals surface area contributed by atoms with Crippen molar-refractivity contribution in [1.82, 2.24) is 4.98 Å². The molecule has 0 atom stereocenters. The first kappa shape index (κ1) is 15.2. The molecule has 4 rings (SSSR count). The third kappa shape index (κ3) is 2.70. The molecular weight excluding hydrogens is 318 g/mol. The summed E-state index contributed by atoms with van der Waals surface area (Å²) in [5.41, 5.74) is 3.08. The lowest BCUT2D eigenvalue weighted by Gasteiger charge is -2.23. The van der Waals surface area contributed by atoms with Crippen molar-refractivity contribution < 1.29 is 19.1 Å². The SMILES string of the molecule is Cc1[nH]c2ccccc2c1C=C1C(=O)OC(c2ccccc2)OC1=O. The summed E-state index contributed by atoms with van der Waals surface area (Å²) in [5.74, 6) is -1.37. The van der Waals surface area contributed by atoms with Crippen LogP contribution in [0, 0.1) is 6.92 Å². The van der Waals surface area contributed by atoms with Gasteiger partial charge >= 0.3 is 11.9 Å². The summed E-state index contributed by atoms with van der Waals surface area (Å²) in [7, 11) is 0. The van der Waals surface area contributed by atoms with Crippen LogP contribution in [0.2, 0.25) is 0 Å². The average Bonchev–Trinajstić information content (AvgIpc) is 2.94. The van der Waals surface area contributed by atoms with Gasteiger partial charge in [0.1, 0.15) is 5.57 Å². The van der Waals surface area contributed by atoms with Crippen LogP contribution in [0.15, 0.2) is 60.2 Å². The van der Waals surface area contributed by atoms with Gasteiger partial charge in [-0.25, -0.2) is 9.59 Å². The summed E-state index contributed by atoms with van der Waals surface area (Å²) in [6.45, 7) is 1.89. The van der Waals surface area contributed by atoms with Gasteiger partial charge in [-0.2, -0.15) is 0 Å². The lowest BCUT2D eigenvalue weighted by molar-refractivity contribution is -0.195. The molecule has 5 nitrogen and oxygen atoms in total. The highest BCUT2D eigenvalue weighted by Gasteiger charge is 2.34. The molecule has 0 radical (unpaired) electrons. The van der Waals surface area contributed by atoms with Crippen LogP contribution < -0.4 is 0 Å². The van der Waals surface area contributed by atoms with E-state index in [1.165, 1.54) is 6.08 Å². The summed E-state index contributed by atoms with van der Waals surface area (Å²) in [6.07, 6.45) is 0.516. The number of aryl methyl sites for hydroxylation is 1. The van der Waals surface area contributed by atoms with Crippen LogP contribution in [-0.2, 0) is 19.1 Å². The Kier molecular flexibility index (Phi) is 3.61. The van der Waals surface area contributed by atoms with Gasteiger partial charge in [0, 0.05) is 27.7 Å². The molecule has 1 fully saturated rings. The van der Waals surface area contributed by atoms with Crippen molar-refractivity contribution in [2.24, 2.45) is 0 Å². The number of hydrogen-bond acceptors (Lipinski definition) is 4. The van der Waals surface area contributed by atoms with Gasteiger partial charge in [0.25, 0.3) is 6.29 Å². The summed E-state index contributed by atoms with van der Waals surface area (Å²) >= 11 is 0. The van der Waals surface area contributed by atoms with E-state index in [-0.39, 0.29) is 5.57 Å². The molecular formula is C20H15NO4. The molecule has 0 saturated carbocycles. The largest absolute Gasteiger partial charge is 0.417 e. The van der Waals surface area contributed by atoms with Crippen LogP contribution >= 0.6 is 0 Å². The third-order valence-electron chi connectivity index (χ3n) is 4.17. The molecule has 2 aromatic carbocycles. The second-order valence-corrected chi connectivity index (χ2v) is 5.82. The van der Waals surface area contributed by atoms with Gasteiger partial charge in [-0.1, -0.05) is 48.5 Å². The Morgan fingerprint density at radius 1 is 0.920 bits per heavy atom. The molecule has 124 valence electrons. The predicted molar refractivity (Wildman–Crippen MR) is 92.4 cm³/mol. The number of carbonyl (C=O) groups excluding carboxylic acids is 2. The lowest BCUT2D eigenvalue weighted by Crippen LogP contribution is -2.29. The van der Waals surface area contributed by atoms with Crippen molar-refractivity contribution in [3.63, 3.8) is 0 Å². The van der Waals surface area contributed by atoms with E-state index in [1.54, 1.807) is 24.3 Å². The molecule has 3 aromatic rings. The second kappa shape index (κ2) is 5.94. The minimum Gasteiger partial charge on any atom is -0.417 e. The molecule has 1 aromatic heterocycles. The number of rotatable bonds is 2. The summed E-state index contributed by atoms with van der Waals surface area (Å²) < 4.78 is 10.6. The van der Waals surface area contributed by atoms with Crippen molar-refractivity contribution in [3.8, 4) is 0 Å². The lowest BCUT2D eigenvalue weighted by atomic mass is 10.1. The van der Waals surface area contributed by atoms with Crippen LogP contribution in [0.3, 0.4) is 0 Å². The Morgan fingerprint density at radius 3 is 2.28 bits per heavy atom. The predicted octanol–water partition coefficient (Wildman–Crippen LogP) is 3.66. The number of H-pyrrole nitrogens is 1. The fraction of sp³-hybridized carbons (Fsp3) is 0.100. The maximum Gasteiger partial charge on any atom is 0.348 e. The van der Waals surface area contributed by atoms with E-state index in [0.29, 0.717) is 5.56 Å². The van der Waals surface area contributed by atoms with E-state index in [0.717, 1.165) is 22.2 Å². The molecule has 5 heteroatoms. The number of aromatic nitrogens is 1. The van der Waals surface area contributed by atoms with E-state index in [9.17, 15) is 9.59 Å². The van der Waals surface area contributed by atoms with Crippen LogP contribution in [0.4, 0.5) is 0 Å². The van der Waals surface area contributed by atoms with Gasteiger partial charge in [-0.05, 0) is 19.1 Å². The number of para-hydroxylation sites is 1. The number of cyclic esters (lactones) is 2. The Balaban J connectivity index is 1.69. The maximum absolute atomic E-state index is 12.4. The summed E-state index contributed by atoms with van der Waals surface area (Å²) in [6, 6.07) is 16.6. The quantitative estimate of drug-likeness (QED) is 0.441. The number of esters is 2. The first-order valence-corrected chi connectivity index (χ1v) is 7.89. The van der Waals surface area contributed by atoms with Crippen molar-refractivity contribution in [2.45, 2.75) is 13.2 Å². The molecule has 1 N–H and O–H groups in total. The third-order valence-corrected chi connectivity index (χ3v) is 4.17. The number of benzene rings is 2. The number of ether oxygens (including phenoxy) is 2. The molecule has 0 aliphatic carbocycles. The van der Waals surface area contributed by atoms with E-state index in [1.807, 2.05) is 37.3 Å². The monoisotopic (exact) mass is 333 g/mol.